The van der Waals surface area contributed by atoms with E-state index < -0.39 is 10.7 Å². The van der Waals surface area contributed by atoms with Crippen LogP contribution in [0.15, 0.2) is 15.0 Å². The van der Waals surface area contributed by atoms with Gasteiger partial charge in [0, 0.05) is 0 Å². The van der Waals surface area contributed by atoms with Gasteiger partial charge in [0.25, 0.3) is 0 Å². The molecule has 1 rings (SSSR count). The highest BCUT2D eigenvalue weighted by Crippen LogP contribution is 2.51. The number of carbonyl (C=O) groups excluding carboxylic acids is 1. The molecule has 0 bridgehead atoms. The van der Waals surface area contributed by atoms with Crippen molar-refractivity contribution in [3.63, 3.8) is 0 Å². The molecule has 1 heterocycles. The van der Waals surface area contributed by atoms with Gasteiger partial charge in [-0.3, -0.25) is 0 Å². The van der Waals surface area contributed by atoms with Crippen molar-refractivity contribution in [2.24, 2.45) is 5.16 Å². The third kappa shape index (κ3) is 2.96. The number of thioether (sulfide) groups is 2. The first-order chi connectivity index (χ1) is 7.96. The molecular weight excluding hydrogens is 260 g/mol. The van der Waals surface area contributed by atoms with E-state index in [1.165, 1.54) is 11.8 Å². The van der Waals surface area contributed by atoms with Crippen LogP contribution < -0.4 is 0 Å². The van der Waals surface area contributed by atoms with E-state index in [-0.39, 0.29) is 12.2 Å². The maximum atomic E-state index is 11.5. The molecule has 92 valence electrons. The Labute approximate surface area is 108 Å². The summed E-state index contributed by atoms with van der Waals surface area (Å²) in [7, 11) is 0. The molecule has 0 saturated carbocycles. The lowest BCUT2D eigenvalue weighted by atomic mass is 10.2. The van der Waals surface area contributed by atoms with Crippen molar-refractivity contribution in [1.29, 1.82) is 5.26 Å². The molecule has 0 aromatic heterocycles. The Bertz CT molecular complexity index is 435. The summed E-state index contributed by atoms with van der Waals surface area (Å²) in [5.41, 5.74) is -0.0337. The van der Waals surface area contributed by atoms with Crippen molar-refractivity contribution < 1.29 is 14.7 Å². The van der Waals surface area contributed by atoms with Gasteiger partial charge in [0.15, 0.2) is 5.57 Å². The van der Waals surface area contributed by atoms with E-state index in [1.54, 1.807) is 6.92 Å². The van der Waals surface area contributed by atoms with E-state index in [4.69, 9.17) is 15.2 Å². The number of nitriles is 1. The quantitative estimate of drug-likeness (QED) is 0.273. The van der Waals surface area contributed by atoms with Gasteiger partial charge in [-0.2, -0.15) is 5.26 Å². The maximum absolute atomic E-state index is 11.5. The highest BCUT2D eigenvalue weighted by molar-refractivity contribution is 8.35. The van der Waals surface area contributed by atoms with Gasteiger partial charge in [-0.15, -0.1) is 11.8 Å². The highest BCUT2D eigenvalue weighted by Gasteiger charge is 2.39. The zero-order valence-electron chi connectivity index (χ0n) is 9.68. The van der Waals surface area contributed by atoms with E-state index in [0.717, 1.165) is 11.8 Å². The van der Waals surface area contributed by atoms with Gasteiger partial charge in [0.1, 0.15) is 11.1 Å². The van der Waals surface area contributed by atoms with Crippen LogP contribution in [0.4, 0.5) is 0 Å². The summed E-state index contributed by atoms with van der Waals surface area (Å²) in [4.78, 5) is 11.5. The van der Waals surface area contributed by atoms with Crippen LogP contribution in [0.2, 0.25) is 0 Å². The lowest BCUT2D eigenvalue weighted by Crippen LogP contribution is -2.19. The first-order valence-electron chi connectivity index (χ1n) is 4.87. The molecule has 1 fully saturated rings. The van der Waals surface area contributed by atoms with Crippen LogP contribution in [-0.4, -0.2) is 27.6 Å². The minimum absolute atomic E-state index is 0.0337. The second-order valence-electron chi connectivity index (χ2n) is 3.61. The molecule has 1 N–H and O–H groups in total. The molecule has 1 aliphatic heterocycles. The van der Waals surface area contributed by atoms with Crippen LogP contribution in [0.5, 0.6) is 0 Å². The van der Waals surface area contributed by atoms with Crippen molar-refractivity contribution in [1.82, 2.24) is 0 Å². The number of hydrogen-bond donors (Lipinski definition) is 1. The van der Waals surface area contributed by atoms with Gasteiger partial charge in [-0.25, -0.2) is 4.79 Å². The monoisotopic (exact) mass is 272 g/mol. The highest BCUT2D eigenvalue weighted by atomic mass is 32.2. The van der Waals surface area contributed by atoms with E-state index in [2.05, 4.69) is 5.16 Å². The van der Waals surface area contributed by atoms with Gasteiger partial charge >= 0.3 is 5.97 Å². The Morgan fingerprint density at radius 3 is 2.71 bits per heavy atom. The van der Waals surface area contributed by atoms with Crippen molar-refractivity contribution in [3.05, 3.63) is 9.81 Å². The minimum Gasteiger partial charge on any atom is -0.462 e. The van der Waals surface area contributed by atoms with Crippen LogP contribution in [0.1, 0.15) is 20.8 Å². The van der Waals surface area contributed by atoms with Crippen molar-refractivity contribution in [2.75, 3.05) is 6.61 Å². The number of rotatable bonds is 2. The smallest absolute Gasteiger partial charge is 0.350 e. The third-order valence-electron chi connectivity index (χ3n) is 1.94. The fourth-order valence-corrected chi connectivity index (χ4v) is 3.92. The average molecular weight is 272 g/mol. The summed E-state index contributed by atoms with van der Waals surface area (Å²) < 4.78 is 4.87. The molecule has 17 heavy (non-hydrogen) atoms. The lowest BCUT2D eigenvalue weighted by Gasteiger charge is -2.13. The average Bonchev–Trinajstić information content (AvgIpc) is 2.55. The van der Waals surface area contributed by atoms with E-state index >= 15 is 0 Å². The number of oxime groups is 1. The topological polar surface area (TPSA) is 82.7 Å². The summed E-state index contributed by atoms with van der Waals surface area (Å²) >= 11 is 2.44. The van der Waals surface area contributed by atoms with Crippen LogP contribution in [0.25, 0.3) is 0 Å². The summed E-state index contributed by atoms with van der Waals surface area (Å²) in [6.07, 6.45) is 0. The van der Waals surface area contributed by atoms with Gasteiger partial charge in [-0.05, 0) is 20.8 Å². The molecular formula is C10H12N2O3S2. The summed E-state index contributed by atoms with van der Waals surface area (Å²) in [6.45, 7) is 5.60. The van der Waals surface area contributed by atoms with Crippen LogP contribution >= 0.6 is 23.5 Å². The number of carbonyl (C=O) groups is 1. The first kappa shape index (κ1) is 13.9. The SMILES string of the molecule is CCOC(=O)/C(C#N)=C1/S/C(=N\O)C(C)(C)S1. The number of esters is 1. The second kappa shape index (κ2) is 5.47. The zero-order valence-corrected chi connectivity index (χ0v) is 11.3. The Morgan fingerprint density at radius 2 is 2.29 bits per heavy atom. The summed E-state index contributed by atoms with van der Waals surface area (Å²) in [5.74, 6) is -0.639. The van der Waals surface area contributed by atoms with Crippen LogP contribution in [0, 0.1) is 11.3 Å². The van der Waals surface area contributed by atoms with E-state index in [9.17, 15) is 4.79 Å². The predicted octanol–water partition coefficient (Wildman–Crippen LogP) is 2.33. The van der Waals surface area contributed by atoms with Gasteiger partial charge in [0.2, 0.25) is 0 Å². The molecule has 0 atom stereocenters. The molecule has 0 aromatic carbocycles. The zero-order chi connectivity index (χ0) is 13.1. The first-order valence-corrected chi connectivity index (χ1v) is 6.50. The lowest BCUT2D eigenvalue weighted by molar-refractivity contribution is -0.138. The fraction of sp³-hybridized carbons (Fsp3) is 0.500. The van der Waals surface area contributed by atoms with Crippen LogP contribution in [0.3, 0.4) is 0 Å². The van der Waals surface area contributed by atoms with Crippen LogP contribution in [-0.2, 0) is 9.53 Å². The molecule has 0 aliphatic carbocycles. The standard InChI is InChI=1S/C10H12N2O3S2/c1-4-15-7(13)6(5-11)8-16-9(12-14)10(2,3)17-8/h14H,4H2,1-3H3/b8-6-,12-9-. The number of ether oxygens (including phenoxy) is 1. The Morgan fingerprint density at radius 1 is 1.65 bits per heavy atom. The summed E-state index contributed by atoms with van der Waals surface area (Å²) in [5, 5.41) is 21.5. The minimum atomic E-state index is -0.639. The largest absolute Gasteiger partial charge is 0.462 e. The number of hydrogen-bond acceptors (Lipinski definition) is 7. The molecule has 1 aliphatic rings. The molecule has 7 heteroatoms. The van der Waals surface area contributed by atoms with Crippen molar-refractivity contribution >= 4 is 34.5 Å². The molecule has 0 aromatic rings. The molecule has 0 spiro atoms. The molecule has 0 radical (unpaired) electrons. The van der Waals surface area contributed by atoms with Gasteiger partial charge in [-0.1, -0.05) is 16.9 Å². The molecule has 5 nitrogen and oxygen atoms in total. The molecule has 1 saturated heterocycles. The maximum Gasteiger partial charge on any atom is 0.350 e. The second-order valence-corrected chi connectivity index (χ2v) is 6.50. The van der Waals surface area contributed by atoms with Gasteiger partial charge in [0.05, 0.1) is 15.6 Å². The fourth-order valence-electron chi connectivity index (χ4n) is 1.13. The Kier molecular flexibility index (Phi) is 4.48. The van der Waals surface area contributed by atoms with Gasteiger partial charge < -0.3 is 9.94 Å². The number of nitrogens with zero attached hydrogens (tertiary/aromatic N) is 2. The third-order valence-corrected chi connectivity index (χ3v) is 4.84. The Hall–Kier alpha value is -1.13. The molecule has 0 amide bonds. The molecule has 0 unspecified atom stereocenters. The van der Waals surface area contributed by atoms with E-state index in [0.29, 0.717) is 9.28 Å². The van der Waals surface area contributed by atoms with E-state index in [1.807, 2.05) is 19.9 Å². The predicted molar refractivity (Wildman–Crippen MR) is 67.8 cm³/mol. The normalized spacial score (nSPS) is 23.3. The Balaban J connectivity index is 3.08. The summed E-state index contributed by atoms with van der Waals surface area (Å²) in [6, 6.07) is 1.84. The van der Waals surface area contributed by atoms with Crippen molar-refractivity contribution in [2.45, 2.75) is 25.5 Å². The van der Waals surface area contributed by atoms with Crippen molar-refractivity contribution in [3.8, 4) is 6.07 Å².